The number of pyridine rings is 1. The summed E-state index contributed by atoms with van der Waals surface area (Å²) in [6.45, 7) is 2.74. The van der Waals surface area contributed by atoms with Gasteiger partial charge in [-0.3, -0.25) is 9.78 Å². The van der Waals surface area contributed by atoms with E-state index in [2.05, 4.69) is 10.1 Å². The second-order valence-electron chi connectivity index (χ2n) is 4.64. The van der Waals surface area contributed by atoms with E-state index in [9.17, 15) is 4.79 Å². The third-order valence-electron chi connectivity index (χ3n) is 3.25. The number of nitrogens with zero attached hydrogens (tertiary/aromatic N) is 4. The first-order valence-electron chi connectivity index (χ1n) is 6.91. The van der Waals surface area contributed by atoms with Crippen molar-refractivity contribution in [3.63, 3.8) is 0 Å². The van der Waals surface area contributed by atoms with Crippen LogP contribution in [-0.4, -0.2) is 39.7 Å². The molecule has 0 unspecified atom stereocenters. The maximum atomic E-state index is 12.2. The van der Waals surface area contributed by atoms with Crippen molar-refractivity contribution in [1.82, 2.24) is 14.8 Å². The third kappa shape index (κ3) is 3.64. The zero-order valence-corrected chi connectivity index (χ0v) is 13.4. The van der Waals surface area contributed by atoms with Gasteiger partial charge in [0, 0.05) is 49.8 Å². The number of carbonyl (C=O) groups excluding carboxylic acids is 1. The summed E-state index contributed by atoms with van der Waals surface area (Å²) in [5.74, 6) is 1.76. The molecule has 2 rings (SSSR count). The molecule has 0 fully saturated rings. The van der Waals surface area contributed by atoms with Crippen molar-refractivity contribution < 1.29 is 4.79 Å². The molecule has 1 amide bonds. The van der Waals surface area contributed by atoms with Crippen molar-refractivity contribution in [2.45, 2.75) is 19.9 Å². The molecule has 0 spiro atoms. The molecule has 2 aromatic rings. The van der Waals surface area contributed by atoms with E-state index in [1.54, 1.807) is 36.1 Å². The van der Waals surface area contributed by atoms with Gasteiger partial charge in [-0.1, -0.05) is 0 Å². The Morgan fingerprint density at radius 1 is 1.48 bits per heavy atom. The largest absolute Gasteiger partial charge is 0.300 e. The SMILES string of the molecule is CCn1nc(-c2cccnc2)cc1N(C)C(=O)CCSC. The fourth-order valence-corrected chi connectivity index (χ4v) is 2.43. The van der Waals surface area contributed by atoms with Crippen LogP contribution < -0.4 is 4.90 Å². The number of aromatic nitrogens is 3. The fourth-order valence-electron chi connectivity index (χ4n) is 2.05. The van der Waals surface area contributed by atoms with E-state index in [1.165, 1.54) is 0 Å². The Labute approximate surface area is 129 Å². The molecule has 0 saturated heterocycles. The van der Waals surface area contributed by atoms with Gasteiger partial charge in [0.1, 0.15) is 5.82 Å². The summed E-state index contributed by atoms with van der Waals surface area (Å²) in [6.07, 6.45) is 6.06. The van der Waals surface area contributed by atoms with E-state index >= 15 is 0 Å². The van der Waals surface area contributed by atoms with E-state index in [-0.39, 0.29) is 5.91 Å². The Morgan fingerprint density at radius 3 is 2.90 bits per heavy atom. The minimum Gasteiger partial charge on any atom is -0.300 e. The minimum absolute atomic E-state index is 0.108. The first-order chi connectivity index (χ1) is 10.2. The third-order valence-corrected chi connectivity index (χ3v) is 3.87. The highest BCUT2D eigenvalue weighted by Gasteiger charge is 2.17. The number of rotatable bonds is 6. The molecule has 2 heterocycles. The first kappa shape index (κ1) is 15.6. The quantitative estimate of drug-likeness (QED) is 0.823. The fraction of sp³-hybridized carbons (Fsp3) is 0.400. The standard InChI is InChI=1S/C15H20N4OS/c1-4-19-14(18(2)15(20)7-9-21-3)10-13(17-19)12-6-5-8-16-11-12/h5-6,8,10-11H,4,7,9H2,1-3H3. The molecule has 0 aliphatic carbocycles. The van der Waals surface area contributed by atoms with Gasteiger partial charge in [0.25, 0.3) is 0 Å². The van der Waals surface area contributed by atoms with Gasteiger partial charge in [0.15, 0.2) is 0 Å². The van der Waals surface area contributed by atoms with Crippen LogP contribution in [0.5, 0.6) is 0 Å². The molecular weight excluding hydrogens is 284 g/mol. The zero-order valence-electron chi connectivity index (χ0n) is 12.6. The molecule has 6 heteroatoms. The molecule has 0 bridgehead atoms. The van der Waals surface area contributed by atoms with Gasteiger partial charge in [-0.15, -0.1) is 0 Å². The van der Waals surface area contributed by atoms with E-state index in [1.807, 2.05) is 36.1 Å². The highest BCUT2D eigenvalue weighted by Crippen LogP contribution is 2.23. The van der Waals surface area contributed by atoms with E-state index in [0.29, 0.717) is 6.42 Å². The molecular formula is C15H20N4OS. The van der Waals surface area contributed by atoms with E-state index < -0.39 is 0 Å². The Hall–Kier alpha value is -1.82. The molecule has 0 atom stereocenters. The zero-order chi connectivity index (χ0) is 15.2. The topological polar surface area (TPSA) is 51.0 Å². The number of hydrogen-bond acceptors (Lipinski definition) is 4. The second-order valence-corrected chi connectivity index (χ2v) is 5.63. The molecule has 2 aromatic heterocycles. The Balaban J connectivity index is 2.27. The van der Waals surface area contributed by atoms with Gasteiger partial charge in [-0.05, 0) is 25.3 Å². The van der Waals surface area contributed by atoms with Gasteiger partial charge in [0.05, 0.1) is 5.69 Å². The van der Waals surface area contributed by atoms with Crippen molar-refractivity contribution in [1.29, 1.82) is 0 Å². The van der Waals surface area contributed by atoms with Gasteiger partial charge < -0.3 is 4.90 Å². The van der Waals surface area contributed by atoms with Crippen molar-refractivity contribution >= 4 is 23.5 Å². The van der Waals surface area contributed by atoms with Gasteiger partial charge in [-0.25, -0.2) is 4.68 Å². The lowest BCUT2D eigenvalue weighted by atomic mass is 10.2. The van der Waals surface area contributed by atoms with Crippen LogP contribution in [0.2, 0.25) is 0 Å². The maximum absolute atomic E-state index is 12.2. The number of anilines is 1. The highest BCUT2D eigenvalue weighted by molar-refractivity contribution is 7.98. The Morgan fingerprint density at radius 2 is 2.29 bits per heavy atom. The van der Waals surface area contributed by atoms with Crippen LogP contribution in [0, 0.1) is 0 Å². The van der Waals surface area contributed by atoms with Gasteiger partial charge in [0.2, 0.25) is 5.91 Å². The molecule has 0 aliphatic rings. The van der Waals surface area contributed by atoms with Crippen molar-refractivity contribution in [2.24, 2.45) is 0 Å². The summed E-state index contributed by atoms with van der Waals surface area (Å²) < 4.78 is 1.85. The van der Waals surface area contributed by atoms with Crippen molar-refractivity contribution in [2.75, 3.05) is 24.0 Å². The average Bonchev–Trinajstić information content (AvgIpc) is 2.97. The normalized spacial score (nSPS) is 10.6. The summed E-state index contributed by atoms with van der Waals surface area (Å²) in [7, 11) is 1.80. The lowest BCUT2D eigenvalue weighted by Crippen LogP contribution is -2.28. The van der Waals surface area contributed by atoms with Crippen LogP contribution in [0.15, 0.2) is 30.6 Å². The highest BCUT2D eigenvalue weighted by atomic mass is 32.2. The minimum atomic E-state index is 0.108. The second kappa shape index (κ2) is 7.26. The van der Waals surface area contributed by atoms with E-state index in [0.717, 1.165) is 29.4 Å². The number of aryl methyl sites for hydroxylation is 1. The smallest absolute Gasteiger partial charge is 0.228 e. The number of carbonyl (C=O) groups is 1. The molecule has 0 radical (unpaired) electrons. The van der Waals surface area contributed by atoms with Crippen LogP contribution in [0.1, 0.15) is 13.3 Å². The summed E-state index contributed by atoms with van der Waals surface area (Å²) in [6, 6.07) is 5.79. The van der Waals surface area contributed by atoms with Crippen LogP contribution in [0.4, 0.5) is 5.82 Å². The summed E-state index contributed by atoms with van der Waals surface area (Å²) >= 11 is 1.68. The molecule has 0 N–H and O–H groups in total. The lowest BCUT2D eigenvalue weighted by molar-refractivity contribution is -0.118. The van der Waals surface area contributed by atoms with Crippen LogP contribution in [0.25, 0.3) is 11.3 Å². The van der Waals surface area contributed by atoms with Crippen molar-refractivity contribution in [3.8, 4) is 11.3 Å². The Bertz CT molecular complexity index is 597. The van der Waals surface area contributed by atoms with Crippen LogP contribution in [0.3, 0.4) is 0 Å². The van der Waals surface area contributed by atoms with Crippen molar-refractivity contribution in [3.05, 3.63) is 30.6 Å². The predicted molar refractivity (Wildman–Crippen MR) is 87.5 cm³/mol. The molecule has 0 aliphatic heterocycles. The molecule has 0 aromatic carbocycles. The summed E-state index contributed by atoms with van der Waals surface area (Å²) in [5.41, 5.74) is 1.79. The predicted octanol–water partition coefficient (Wildman–Crippen LogP) is 2.68. The molecule has 0 saturated carbocycles. The van der Waals surface area contributed by atoms with Gasteiger partial charge in [-0.2, -0.15) is 16.9 Å². The van der Waals surface area contributed by atoms with Crippen LogP contribution in [-0.2, 0) is 11.3 Å². The van der Waals surface area contributed by atoms with E-state index in [4.69, 9.17) is 0 Å². The maximum Gasteiger partial charge on any atom is 0.228 e. The number of thioether (sulfide) groups is 1. The molecule has 112 valence electrons. The number of hydrogen-bond donors (Lipinski definition) is 0. The summed E-state index contributed by atoms with van der Waals surface area (Å²) in [5, 5.41) is 4.56. The Kier molecular flexibility index (Phi) is 5.38. The molecule has 5 nitrogen and oxygen atoms in total. The first-order valence-corrected chi connectivity index (χ1v) is 8.30. The van der Waals surface area contributed by atoms with Crippen LogP contribution >= 0.6 is 11.8 Å². The van der Waals surface area contributed by atoms with Gasteiger partial charge >= 0.3 is 0 Å². The lowest BCUT2D eigenvalue weighted by Gasteiger charge is -2.17. The monoisotopic (exact) mass is 304 g/mol. The summed E-state index contributed by atoms with van der Waals surface area (Å²) in [4.78, 5) is 18.0. The number of amides is 1. The molecule has 21 heavy (non-hydrogen) atoms. The average molecular weight is 304 g/mol.